The van der Waals surface area contributed by atoms with Crippen LogP contribution >= 0.6 is 0 Å². The fourth-order valence-electron chi connectivity index (χ4n) is 2.34. The Bertz CT molecular complexity index is 165. The summed E-state index contributed by atoms with van der Waals surface area (Å²) in [4.78, 5) is 2.54. The lowest BCUT2D eigenvalue weighted by atomic mass is 9.94. The zero-order chi connectivity index (χ0) is 10.6. The molecule has 0 amide bonds. The second-order valence-corrected chi connectivity index (χ2v) is 4.23. The SMILES string of the molecule is CCN(C1CC1)C(CC)(CN)COC. The molecule has 1 aliphatic carbocycles. The van der Waals surface area contributed by atoms with Crippen molar-refractivity contribution < 1.29 is 4.74 Å². The van der Waals surface area contributed by atoms with Gasteiger partial charge in [0, 0.05) is 19.7 Å². The molecule has 1 unspecified atom stereocenters. The van der Waals surface area contributed by atoms with Crippen LogP contribution in [-0.4, -0.2) is 43.3 Å². The summed E-state index contributed by atoms with van der Waals surface area (Å²) in [5.74, 6) is 0. The summed E-state index contributed by atoms with van der Waals surface area (Å²) in [5, 5.41) is 0. The van der Waals surface area contributed by atoms with E-state index in [2.05, 4.69) is 18.7 Å². The summed E-state index contributed by atoms with van der Waals surface area (Å²) < 4.78 is 5.33. The fraction of sp³-hybridized carbons (Fsp3) is 1.00. The van der Waals surface area contributed by atoms with E-state index >= 15 is 0 Å². The van der Waals surface area contributed by atoms with Crippen molar-refractivity contribution in [3.05, 3.63) is 0 Å². The van der Waals surface area contributed by atoms with E-state index in [0.717, 1.165) is 25.6 Å². The molecular formula is C11H24N2O. The summed E-state index contributed by atoms with van der Waals surface area (Å²) in [6.45, 7) is 6.95. The van der Waals surface area contributed by atoms with E-state index in [1.54, 1.807) is 7.11 Å². The van der Waals surface area contributed by atoms with E-state index in [1.807, 2.05) is 0 Å². The van der Waals surface area contributed by atoms with Crippen molar-refractivity contribution in [2.45, 2.75) is 44.7 Å². The predicted octanol–water partition coefficient (Wildman–Crippen LogP) is 1.22. The summed E-state index contributed by atoms with van der Waals surface area (Å²) in [6, 6.07) is 0.763. The Kier molecular flexibility index (Phi) is 4.35. The molecule has 3 nitrogen and oxygen atoms in total. The van der Waals surface area contributed by atoms with E-state index in [1.165, 1.54) is 12.8 Å². The average Bonchev–Trinajstić information content (AvgIpc) is 3.01. The van der Waals surface area contributed by atoms with Gasteiger partial charge in [-0.15, -0.1) is 0 Å². The molecule has 3 heteroatoms. The molecule has 1 atom stereocenters. The van der Waals surface area contributed by atoms with Crippen LogP contribution in [-0.2, 0) is 4.74 Å². The van der Waals surface area contributed by atoms with Crippen LogP contribution in [0.25, 0.3) is 0 Å². The van der Waals surface area contributed by atoms with E-state index in [4.69, 9.17) is 10.5 Å². The van der Waals surface area contributed by atoms with Gasteiger partial charge in [0.1, 0.15) is 0 Å². The zero-order valence-electron chi connectivity index (χ0n) is 9.75. The molecule has 0 heterocycles. The van der Waals surface area contributed by atoms with Gasteiger partial charge in [-0.05, 0) is 25.8 Å². The quantitative estimate of drug-likeness (QED) is 0.671. The Labute approximate surface area is 87.6 Å². The first-order valence-corrected chi connectivity index (χ1v) is 5.69. The van der Waals surface area contributed by atoms with Crippen molar-refractivity contribution >= 4 is 0 Å². The highest BCUT2D eigenvalue weighted by Crippen LogP contribution is 2.34. The molecule has 0 bridgehead atoms. The number of hydrogen-bond donors (Lipinski definition) is 1. The number of likely N-dealkylation sites (N-methyl/N-ethyl adjacent to an activating group) is 1. The van der Waals surface area contributed by atoms with Crippen LogP contribution in [0.5, 0.6) is 0 Å². The Balaban J connectivity index is 2.70. The Morgan fingerprint density at radius 1 is 1.43 bits per heavy atom. The molecule has 0 aromatic rings. The van der Waals surface area contributed by atoms with Crippen molar-refractivity contribution in [1.29, 1.82) is 0 Å². The topological polar surface area (TPSA) is 38.5 Å². The standard InChI is InChI=1S/C11H24N2O/c1-4-11(8-12,9-14-3)13(5-2)10-6-7-10/h10H,4-9,12H2,1-3H3. The smallest absolute Gasteiger partial charge is 0.0659 e. The molecule has 1 rings (SSSR count). The Morgan fingerprint density at radius 3 is 2.36 bits per heavy atom. The molecule has 1 aliphatic rings. The first-order chi connectivity index (χ1) is 6.74. The maximum absolute atomic E-state index is 5.92. The van der Waals surface area contributed by atoms with Crippen molar-refractivity contribution in [3.8, 4) is 0 Å². The van der Waals surface area contributed by atoms with E-state index < -0.39 is 0 Å². The predicted molar refractivity (Wildman–Crippen MR) is 59.4 cm³/mol. The Hall–Kier alpha value is -0.120. The van der Waals surface area contributed by atoms with Crippen LogP contribution in [0.2, 0.25) is 0 Å². The molecule has 14 heavy (non-hydrogen) atoms. The van der Waals surface area contributed by atoms with Gasteiger partial charge < -0.3 is 10.5 Å². The highest BCUT2D eigenvalue weighted by molar-refractivity contribution is 4.98. The number of nitrogens with zero attached hydrogens (tertiary/aromatic N) is 1. The number of ether oxygens (including phenoxy) is 1. The lowest BCUT2D eigenvalue weighted by Crippen LogP contribution is -2.57. The summed E-state index contributed by atoms with van der Waals surface area (Å²) in [5.41, 5.74) is 6.00. The number of nitrogens with two attached hydrogens (primary N) is 1. The maximum Gasteiger partial charge on any atom is 0.0659 e. The first-order valence-electron chi connectivity index (χ1n) is 5.69. The highest BCUT2D eigenvalue weighted by Gasteiger charge is 2.41. The molecule has 1 fully saturated rings. The first kappa shape index (κ1) is 12.0. The average molecular weight is 200 g/mol. The summed E-state index contributed by atoms with van der Waals surface area (Å²) >= 11 is 0. The molecule has 0 saturated heterocycles. The maximum atomic E-state index is 5.92. The molecule has 0 aromatic carbocycles. The van der Waals surface area contributed by atoms with Crippen molar-refractivity contribution in [1.82, 2.24) is 4.90 Å². The molecule has 2 N–H and O–H groups in total. The van der Waals surface area contributed by atoms with Gasteiger partial charge in [-0.3, -0.25) is 4.90 Å². The molecule has 0 radical (unpaired) electrons. The molecule has 84 valence electrons. The third kappa shape index (κ3) is 2.27. The van der Waals surface area contributed by atoms with Gasteiger partial charge >= 0.3 is 0 Å². The second kappa shape index (κ2) is 5.10. The molecule has 0 spiro atoms. The third-order valence-corrected chi connectivity index (χ3v) is 3.39. The zero-order valence-corrected chi connectivity index (χ0v) is 9.75. The number of rotatable bonds is 7. The monoisotopic (exact) mass is 200 g/mol. The van der Waals surface area contributed by atoms with Gasteiger partial charge in [0.05, 0.1) is 12.1 Å². The van der Waals surface area contributed by atoms with Crippen LogP contribution in [0.3, 0.4) is 0 Å². The van der Waals surface area contributed by atoms with Crippen molar-refractivity contribution in [2.24, 2.45) is 5.73 Å². The van der Waals surface area contributed by atoms with Crippen molar-refractivity contribution in [3.63, 3.8) is 0 Å². The fourth-order valence-corrected chi connectivity index (χ4v) is 2.34. The Morgan fingerprint density at radius 2 is 2.07 bits per heavy atom. The minimum Gasteiger partial charge on any atom is -0.383 e. The molecule has 0 aliphatic heterocycles. The van der Waals surface area contributed by atoms with Crippen LogP contribution in [0, 0.1) is 0 Å². The van der Waals surface area contributed by atoms with Gasteiger partial charge in [-0.25, -0.2) is 0 Å². The minimum atomic E-state index is 0.0741. The van der Waals surface area contributed by atoms with E-state index in [-0.39, 0.29) is 5.54 Å². The second-order valence-electron chi connectivity index (χ2n) is 4.23. The summed E-state index contributed by atoms with van der Waals surface area (Å²) in [7, 11) is 1.76. The minimum absolute atomic E-state index is 0.0741. The highest BCUT2D eigenvalue weighted by atomic mass is 16.5. The van der Waals surface area contributed by atoms with Crippen molar-refractivity contribution in [2.75, 3.05) is 26.8 Å². The van der Waals surface area contributed by atoms with Gasteiger partial charge in [0.15, 0.2) is 0 Å². The molecule has 0 aromatic heterocycles. The largest absolute Gasteiger partial charge is 0.383 e. The number of methoxy groups -OCH3 is 1. The lowest BCUT2D eigenvalue weighted by molar-refractivity contribution is 0.00941. The normalized spacial score (nSPS) is 21.2. The molecule has 1 saturated carbocycles. The van der Waals surface area contributed by atoms with Crippen LogP contribution in [0.4, 0.5) is 0 Å². The van der Waals surface area contributed by atoms with Crippen LogP contribution in [0.1, 0.15) is 33.1 Å². The van der Waals surface area contributed by atoms with E-state index in [9.17, 15) is 0 Å². The van der Waals surface area contributed by atoms with Gasteiger partial charge in [-0.1, -0.05) is 13.8 Å². The lowest BCUT2D eigenvalue weighted by Gasteiger charge is -2.42. The summed E-state index contributed by atoms with van der Waals surface area (Å²) in [6.07, 6.45) is 3.74. The number of hydrogen-bond acceptors (Lipinski definition) is 3. The van der Waals surface area contributed by atoms with Gasteiger partial charge in [-0.2, -0.15) is 0 Å². The van der Waals surface area contributed by atoms with Gasteiger partial charge in [0.25, 0.3) is 0 Å². The molecular weight excluding hydrogens is 176 g/mol. The van der Waals surface area contributed by atoms with E-state index in [0.29, 0.717) is 6.54 Å². The van der Waals surface area contributed by atoms with Gasteiger partial charge in [0.2, 0.25) is 0 Å². The van der Waals surface area contributed by atoms with Crippen LogP contribution in [0.15, 0.2) is 0 Å². The van der Waals surface area contributed by atoms with Crippen LogP contribution < -0.4 is 5.73 Å². The third-order valence-electron chi connectivity index (χ3n) is 3.39.